The van der Waals surface area contributed by atoms with Gasteiger partial charge in [0.25, 0.3) is 0 Å². The molecule has 0 radical (unpaired) electrons. The van der Waals surface area contributed by atoms with Gasteiger partial charge in [0.2, 0.25) is 5.91 Å². The van der Waals surface area contributed by atoms with Gasteiger partial charge in [0.15, 0.2) is 0 Å². The normalized spacial score (nSPS) is 10.4. The van der Waals surface area contributed by atoms with Crippen molar-refractivity contribution < 1.29 is 4.79 Å². The molecule has 0 saturated carbocycles. The lowest BCUT2D eigenvalue weighted by molar-refractivity contribution is -0.139. The van der Waals surface area contributed by atoms with E-state index in [-0.39, 0.29) is 12.5 Å². The van der Waals surface area contributed by atoms with Crippen molar-refractivity contribution in [3.05, 3.63) is 0 Å². The Morgan fingerprint density at radius 2 is 1.82 bits per heavy atom. The zero-order valence-corrected chi connectivity index (χ0v) is 11.1. The summed E-state index contributed by atoms with van der Waals surface area (Å²) >= 11 is 0. The third kappa shape index (κ3) is 3.79. The van der Waals surface area contributed by atoms with E-state index in [4.69, 9.17) is 6.42 Å². The van der Waals surface area contributed by atoms with Crippen LogP contribution in [0.2, 0.25) is 0 Å². The van der Waals surface area contributed by atoms with Crippen LogP contribution in [-0.4, -0.2) is 23.9 Å². The molecule has 0 atom stereocenters. The minimum atomic E-state index is -0.879. The zero-order valence-electron chi connectivity index (χ0n) is 11.1. The van der Waals surface area contributed by atoms with Gasteiger partial charge in [0.1, 0.15) is 5.41 Å². The number of carbonyl (C=O) groups excluding carboxylic acids is 1. The molecule has 0 saturated heterocycles. The second-order valence-corrected chi connectivity index (χ2v) is 4.22. The lowest BCUT2D eigenvalue weighted by Crippen LogP contribution is -2.43. The molecule has 0 spiro atoms. The molecule has 17 heavy (non-hydrogen) atoms. The van der Waals surface area contributed by atoms with Crippen LogP contribution in [0, 0.1) is 29.1 Å². The highest BCUT2D eigenvalue weighted by Gasteiger charge is 2.39. The van der Waals surface area contributed by atoms with Crippen LogP contribution < -0.4 is 0 Å². The molecule has 0 aromatic carbocycles. The van der Waals surface area contributed by atoms with E-state index in [1.54, 1.807) is 4.90 Å². The minimum absolute atomic E-state index is 0.107. The van der Waals surface area contributed by atoms with Crippen molar-refractivity contribution in [3.63, 3.8) is 0 Å². The van der Waals surface area contributed by atoms with Crippen LogP contribution >= 0.6 is 0 Å². The van der Waals surface area contributed by atoms with Crippen molar-refractivity contribution in [2.45, 2.75) is 46.5 Å². The van der Waals surface area contributed by atoms with E-state index in [1.807, 2.05) is 20.8 Å². The Bertz CT molecular complexity index is 316. The minimum Gasteiger partial charge on any atom is -0.330 e. The molecule has 0 N–H and O–H groups in total. The van der Waals surface area contributed by atoms with Gasteiger partial charge in [-0.3, -0.25) is 4.79 Å². The quantitative estimate of drug-likeness (QED) is 0.635. The van der Waals surface area contributed by atoms with Gasteiger partial charge in [-0.1, -0.05) is 32.6 Å². The van der Waals surface area contributed by atoms with E-state index in [0.29, 0.717) is 19.4 Å². The zero-order chi connectivity index (χ0) is 13.3. The molecule has 0 aliphatic carbocycles. The molecule has 0 unspecified atom stereocenters. The van der Waals surface area contributed by atoms with Crippen LogP contribution in [0.1, 0.15) is 46.5 Å². The van der Waals surface area contributed by atoms with Gasteiger partial charge in [0.05, 0.1) is 12.6 Å². The molecule has 3 heteroatoms. The molecule has 0 bridgehead atoms. The fourth-order valence-corrected chi connectivity index (χ4v) is 2.09. The SMILES string of the molecule is C#CCN(CC)C(=O)C(C#N)(CCC)CCC. The second-order valence-electron chi connectivity index (χ2n) is 4.22. The van der Waals surface area contributed by atoms with Gasteiger partial charge in [-0.05, 0) is 19.8 Å². The Morgan fingerprint density at radius 3 is 2.12 bits per heavy atom. The van der Waals surface area contributed by atoms with E-state index in [2.05, 4.69) is 12.0 Å². The van der Waals surface area contributed by atoms with E-state index in [1.165, 1.54) is 0 Å². The Kier molecular flexibility index (Phi) is 7.06. The Hall–Kier alpha value is -1.48. The Labute approximate surface area is 105 Å². The van der Waals surface area contributed by atoms with E-state index in [0.717, 1.165) is 12.8 Å². The molecule has 0 aliphatic rings. The summed E-state index contributed by atoms with van der Waals surface area (Å²) in [6.45, 7) is 6.71. The van der Waals surface area contributed by atoms with Gasteiger partial charge < -0.3 is 4.90 Å². The molecule has 0 aromatic rings. The third-order valence-electron chi connectivity index (χ3n) is 2.93. The highest BCUT2D eigenvalue weighted by Crippen LogP contribution is 2.31. The van der Waals surface area contributed by atoms with Gasteiger partial charge >= 0.3 is 0 Å². The van der Waals surface area contributed by atoms with Crippen LogP contribution in [-0.2, 0) is 4.79 Å². The summed E-state index contributed by atoms with van der Waals surface area (Å²) in [5.74, 6) is 2.37. The first-order chi connectivity index (χ1) is 8.11. The smallest absolute Gasteiger partial charge is 0.243 e. The van der Waals surface area contributed by atoms with E-state index in [9.17, 15) is 10.1 Å². The number of terminal acetylenes is 1. The molecular weight excluding hydrogens is 212 g/mol. The van der Waals surface area contributed by atoms with Gasteiger partial charge in [-0.25, -0.2) is 0 Å². The Morgan fingerprint density at radius 1 is 1.29 bits per heavy atom. The van der Waals surface area contributed by atoms with Gasteiger partial charge in [-0.15, -0.1) is 6.42 Å². The number of amides is 1. The largest absolute Gasteiger partial charge is 0.330 e. The number of hydrogen-bond donors (Lipinski definition) is 0. The number of hydrogen-bond acceptors (Lipinski definition) is 2. The van der Waals surface area contributed by atoms with E-state index < -0.39 is 5.41 Å². The average molecular weight is 234 g/mol. The highest BCUT2D eigenvalue weighted by molar-refractivity contribution is 5.85. The third-order valence-corrected chi connectivity index (χ3v) is 2.93. The molecule has 3 nitrogen and oxygen atoms in total. The lowest BCUT2D eigenvalue weighted by Gasteiger charge is -2.30. The fourth-order valence-electron chi connectivity index (χ4n) is 2.09. The molecule has 94 valence electrons. The Balaban J connectivity index is 5.10. The standard InChI is InChI=1S/C14H22N2O/c1-5-9-14(12-15,10-6-2)13(17)16(8-4)11-7-3/h3H,5-6,8-11H2,1-2,4H3. The predicted molar refractivity (Wildman–Crippen MR) is 68.9 cm³/mol. The maximum atomic E-state index is 12.4. The number of rotatable bonds is 7. The molecule has 0 aromatic heterocycles. The number of carbonyl (C=O) groups is 1. The van der Waals surface area contributed by atoms with Gasteiger partial charge in [-0.2, -0.15) is 5.26 Å². The summed E-state index contributed by atoms with van der Waals surface area (Å²) in [5.41, 5.74) is -0.879. The molecule has 0 rings (SSSR count). The van der Waals surface area contributed by atoms with Crippen LogP contribution in [0.15, 0.2) is 0 Å². The van der Waals surface area contributed by atoms with Crippen LogP contribution in [0.3, 0.4) is 0 Å². The molecule has 1 amide bonds. The van der Waals surface area contributed by atoms with Crippen molar-refractivity contribution in [3.8, 4) is 18.4 Å². The first kappa shape index (κ1) is 15.5. The van der Waals surface area contributed by atoms with Crippen molar-refractivity contribution in [1.29, 1.82) is 5.26 Å². The molecule has 0 fully saturated rings. The van der Waals surface area contributed by atoms with Crippen molar-refractivity contribution in [2.24, 2.45) is 5.41 Å². The summed E-state index contributed by atoms with van der Waals surface area (Å²) < 4.78 is 0. The summed E-state index contributed by atoms with van der Waals surface area (Å²) in [7, 11) is 0. The number of nitrogens with zero attached hydrogens (tertiary/aromatic N) is 2. The monoisotopic (exact) mass is 234 g/mol. The fraction of sp³-hybridized carbons (Fsp3) is 0.714. The summed E-state index contributed by atoms with van der Waals surface area (Å²) in [4.78, 5) is 14.0. The second kappa shape index (κ2) is 7.74. The number of nitriles is 1. The summed E-state index contributed by atoms with van der Waals surface area (Å²) in [6.07, 6.45) is 8.12. The van der Waals surface area contributed by atoms with Crippen molar-refractivity contribution in [2.75, 3.05) is 13.1 Å². The first-order valence-corrected chi connectivity index (χ1v) is 6.25. The highest BCUT2D eigenvalue weighted by atomic mass is 16.2. The summed E-state index contributed by atoms with van der Waals surface area (Å²) in [6, 6.07) is 2.23. The maximum Gasteiger partial charge on any atom is 0.243 e. The first-order valence-electron chi connectivity index (χ1n) is 6.25. The topological polar surface area (TPSA) is 44.1 Å². The predicted octanol–water partition coefficient (Wildman–Crippen LogP) is 2.58. The molecule has 0 heterocycles. The van der Waals surface area contributed by atoms with E-state index >= 15 is 0 Å². The van der Waals surface area contributed by atoms with Gasteiger partial charge in [0, 0.05) is 6.54 Å². The maximum absolute atomic E-state index is 12.4. The van der Waals surface area contributed by atoms with Crippen molar-refractivity contribution >= 4 is 5.91 Å². The van der Waals surface area contributed by atoms with Crippen LogP contribution in [0.5, 0.6) is 0 Å². The average Bonchev–Trinajstić information content (AvgIpc) is 2.34. The van der Waals surface area contributed by atoms with Crippen molar-refractivity contribution in [1.82, 2.24) is 4.90 Å². The molecule has 0 aliphatic heterocycles. The summed E-state index contributed by atoms with van der Waals surface area (Å²) in [5, 5.41) is 9.37. The van der Waals surface area contributed by atoms with Crippen LogP contribution in [0.4, 0.5) is 0 Å². The molecular formula is C14H22N2O. The van der Waals surface area contributed by atoms with Crippen LogP contribution in [0.25, 0.3) is 0 Å². The lowest BCUT2D eigenvalue weighted by atomic mass is 9.79.